The van der Waals surface area contributed by atoms with Gasteiger partial charge in [-0.15, -0.1) is 0 Å². The van der Waals surface area contributed by atoms with Gasteiger partial charge in [0.25, 0.3) is 0 Å². The molecule has 0 aliphatic carbocycles. The van der Waals surface area contributed by atoms with Gasteiger partial charge in [-0.1, -0.05) is 0 Å². The summed E-state index contributed by atoms with van der Waals surface area (Å²) in [5.74, 6) is -2.55. The second kappa shape index (κ2) is 6.78. The minimum absolute atomic E-state index is 0.0224. The third-order valence-corrected chi connectivity index (χ3v) is 3.03. The van der Waals surface area contributed by atoms with Crippen molar-refractivity contribution in [3.63, 3.8) is 0 Å². The second-order valence-electron chi connectivity index (χ2n) is 4.47. The molecule has 20 heavy (non-hydrogen) atoms. The average molecular weight is 298 g/mol. The molecule has 1 fully saturated rings. The number of halogens is 3. The summed E-state index contributed by atoms with van der Waals surface area (Å²) in [6.07, 6.45) is -6.21. The van der Waals surface area contributed by atoms with Gasteiger partial charge in [0.05, 0.1) is 19.3 Å². The van der Waals surface area contributed by atoms with Gasteiger partial charge in [-0.3, -0.25) is 4.79 Å². The SMILES string of the molecule is CCOC(=O)N1CCC(CNC(=O)C(F)(F)F)C(O)C1. The van der Waals surface area contributed by atoms with E-state index in [1.165, 1.54) is 4.90 Å². The van der Waals surface area contributed by atoms with E-state index >= 15 is 0 Å². The molecule has 0 saturated carbocycles. The van der Waals surface area contributed by atoms with Crippen LogP contribution in [0, 0.1) is 5.92 Å². The average Bonchev–Trinajstić information content (AvgIpc) is 2.36. The zero-order chi connectivity index (χ0) is 15.3. The highest BCUT2D eigenvalue weighted by molar-refractivity contribution is 5.81. The predicted molar refractivity (Wildman–Crippen MR) is 61.8 cm³/mol. The second-order valence-corrected chi connectivity index (χ2v) is 4.47. The number of rotatable bonds is 3. The van der Waals surface area contributed by atoms with Crippen molar-refractivity contribution in [1.29, 1.82) is 0 Å². The Bertz CT molecular complexity index is 362. The number of nitrogens with one attached hydrogen (secondary N) is 1. The number of carbonyl (C=O) groups excluding carboxylic acids is 2. The van der Waals surface area contributed by atoms with Crippen molar-refractivity contribution < 1.29 is 32.6 Å². The van der Waals surface area contributed by atoms with E-state index in [-0.39, 0.29) is 32.7 Å². The van der Waals surface area contributed by atoms with Gasteiger partial charge in [0.15, 0.2) is 0 Å². The number of nitrogens with zero attached hydrogens (tertiary/aromatic N) is 1. The van der Waals surface area contributed by atoms with E-state index in [4.69, 9.17) is 4.74 Å². The Morgan fingerprint density at radius 2 is 2.10 bits per heavy atom. The molecule has 0 spiro atoms. The van der Waals surface area contributed by atoms with Crippen LogP contribution in [0.5, 0.6) is 0 Å². The van der Waals surface area contributed by atoms with Crippen LogP contribution in [-0.4, -0.2) is 60.5 Å². The summed E-state index contributed by atoms with van der Waals surface area (Å²) in [6.45, 7) is 1.81. The van der Waals surface area contributed by atoms with Gasteiger partial charge in [0.1, 0.15) is 0 Å². The number of piperidine rings is 1. The van der Waals surface area contributed by atoms with E-state index in [0.29, 0.717) is 0 Å². The number of β-amino-alcohol motifs (C(OH)–C–C–N with tert-alkyl or cyclic N) is 1. The summed E-state index contributed by atoms with van der Waals surface area (Å²) in [6, 6.07) is 0. The van der Waals surface area contributed by atoms with E-state index in [1.54, 1.807) is 12.2 Å². The highest BCUT2D eigenvalue weighted by atomic mass is 19.4. The zero-order valence-electron chi connectivity index (χ0n) is 10.9. The van der Waals surface area contributed by atoms with E-state index < -0.39 is 30.2 Å². The van der Waals surface area contributed by atoms with Gasteiger partial charge in [-0.2, -0.15) is 13.2 Å². The number of alkyl halides is 3. The third kappa shape index (κ3) is 4.55. The molecule has 0 aromatic rings. The van der Waals surface area contributed by atoms with E-state index in [0.717, 1.165) is 0 Å². The molecule has 1 heterocycles. The minimum Gasteiger partial charge on any atom is -0.450 e. The third-order valence-electron chi connectivity index (χ3n) is 3.03. The molecule has 116 valence electrons. The molecule has 2 unspecified atom stereocenters. The van der Waals surface area contributed by atoms with Crippen LogP contribution in [0.25, 0.3) is 0 Å². The first kappa shape index (κ1) is 16.5. The van der Waals surface area contributed by atoms with E-state index in [9.17, 15) is 27.9 Å². The number of carbonyl (C=O) groups is 2. The normalized spacial score (nSPS) is 23.4. The molecule has 9 heteroatoms. The molecular formula is C11H17F3N2O4. The van der Waals surface area contributed by atoms with E-state index in [2.05, 4.69) is 0 Å². The molecular weight excluding hydrogens is 281 g/mol. The molecule has 0 aromatic heterocycles. The lowest BCUT2D eigenvalue weighted by atomic mass is 9.94. The minimum atomic E-state index is -4.93. The fourth-order valence-electron chi connectivity index (χ4n) is 1.92. The Morgan fingerprint density at radius 1 is 1.45 bits per heavy atom. The maximum Gasteiger partial charge on any atom is 0.471 e. The summed E-state index contributed by atoms with van der Waals surface area (Å²) in [4.78, 5) is 23.4. The van der Waals surface area contributed by atoms with Crippen LogP contribution in [0.2, 0.25) is 0 Å². The standard InChI is InChI=1S/C11H17F3N2O4/c1-2-20-10(19)16-4-3-7(8(17)6-16)5-15-9(18)11(12,13)14/h7-8,17H,2-6H2,1H3,(H,15,18). The van der Waals surface area contributed by atoms with Crippen LogP contribution in [-0.2, 0) is 9.53 Å². The topological polar surface area (TPSA) is 78.9 Å². The van der Waals surface area contributed by atoms with Gasteiger partial charge < -0.3 is 20.1 Å². The quantitative estimate of drug-likeness (QED) is 0.795. The fraction of sp³-hybridized carbons (Fsp3) is 0.818. The lowest BCUT2D eigenvalue weighted by Crippen LogP contribution is -2.50. The lowest BCUT2D eigenvalue weighted by molar-refractivity contribution is -0.174. The Morgan fingerprint density at radius 3 is 2.60 bits per heavy atom. The molecule has 2 amide bonds. The van der Waals surface area contributed by atoms with Crippen LogP contribution in [0.15, 0.2) is 0 Å². The maximum atomic E-state index is 12.0. The highest BCUT2D eigenvalue weighted by Crippen LogP contribution is 2.19. The number of ether oxygens (including phenoxy) is 1. The van der Waals surface area contributed by atoms with Crippen molar-refractivity contribution in [2.24, 2.45) is 5.92 Å². The first-order valence-electron chi connectivity index (χ1n) is 6.20. The van der Waals surface area contributed by atoms with Crippen molar-refractivity contribution in [2.45, 2.75) is 25.6 Å². The van der Waals surface area contributed by atoms with Crippen LogP contribution in [0.4, 0.5) is 18.0 Å². The van der Waals surface area contributed by atoms with Gasteiger partial charge >= 0.3 is 18.2 Å². The number of amides is 2. The smallest absolute Gasteiger partial charge is 0.450 e. The molecule has 0 bridgehead atoms. The van der Waals surface area contributed by atoms with Gasteiger partial charge in [0.2, 0.25) is 0 Å². The molecule has 1 saturated heterocycles. The highest BCUT2D eigenvalue weighted by Gasteiger charge is 2.39. The molecule has 6 nitrogen and oxygen atoms in total. The van der Waals surface area contributed by atoms with Crippen molar-refractivity contribution in [2.75, 3.05) is 26.2 Å². The van der Waals surface area contributed by atoms with Gasteiger partial charge in [-0.25, -0.2) is 4.79 Å². The number of aliphatic hydroxyl groups is 1. The van der Waals surface area contributed by atoms with Gasteiger partial charge in [0, 0.05) is 19.0 Å². The lowest BCUT2D eigenvalue weighted by Gasteiger charge is -2.35. The van der Waals surface area contributed by atoms with Crippen LogP contribution in [0.1, 0.15) is 13.3 Å². The summed E-state index contributed by atoms with van der Waals surface area (Å²) in [7, 11) is 0. The fourth-order valence-corrected chi connectivity index (χ4v) is 1.92. The Kier molecular flexibility index (Phi) is 5.61. The summed E-state index contributed by atoms with van der Waals surface area (Å²) >= 11 is 0. The largest absolute Gasteiger partial charge is 0.471 e. The number of hydrogen-bond donors (Lipinski definition) is 2. The first-order valence-corrected chi connectivity index (χ1v) is 6.20. The van der Waals surface area contributed by atoms with Crippen LogP contribution >= 0.6 is 0 Å². The van der Waals surface area contributed by atoms with Crippen LogP contribution < -0.4 is 5.32 Å². The Hall–Kier alpha value is -1.51. The van der Waals surface area contributed by atoms with Crippen molar-refractivity contribution >= 4 is 12.0 Å². The van der Waals surface area contributed by atoms with Crippen molar-refractivity contribution in [3.8, 4) is 0 Å². The molecule has 1 aliphatic rings. The number of aliphatic hydroxyl groups excluding tert-OH is 1. The molecule has 2 atom stereocenters. The molecule has 0 radical (unpaired) electrons. The number of likely N-dealkylation sites (tertiary alicyclic amines) is 1. The number of hydrogen-bond acceptors (Lipinski definition) is 4. The monoisotopic (exact) mass is 298 g/mol. The predicted octanol–water partition coefficient (Wildman–Crippen LogP) is 0.504. The zero-order valence-corrected chi connectivity index (χ0v) is 10.9. The van der Waals surface area contributed by atoms with E-state index in [1.807, 2.05) is 0 Å². The van der Waals surface area contributed by atoms with Crippen molar-refractivity contribution in [3.05, 3.63) is 0 Å². The van der Waals surface area contributed by atoms with Crippen molar-refractivity contribution in [1.82, 2.24) is 10.2 Å². The first-order chi connectivity index (χ1) is 9.25. The summed E-state index contributed by atoms with van der Waals surface area (Å²) < 4.78 is 40.8. The Balaban J connectivity index is 2.41. The van der Waals surface area contributed by atoms with Gasteiger partial charge in [-0.05, 0) is 13.3 Å². The Labute approximate surface area is 113 Å². The molecule has 1 aliphatic heterocycles. The molecule has 1 rings (SSSR count). The molecule has 2 N–H and O–H groups in total. The summed E-state index contributed by atoms with van der Waals surface area (Å²) in [5, 5.41) is 11.5. The molecule has 0 aromatic carbocycles. The summed E-state index contributed by atoms with van der Waals surface area (Å²) in [5.41, 5.74) is 0. The maximum absolute atomic E-state index is 12.0. The van der Waals surface area contributed by atoms with Crippen LogP contribution in [0.3, 0.4) is 0 Å².